The van der Waals surface area contributed by atoms with Gasteiger partial charge in [0.15, 0.2) is 0 Å². The molecule has 1 atom stereocenters. The predicted octanol–water partition coefficient (Wildman–Crippen LogP) is 4.19. The SMILES string of the molecule is CCCNC(=O)C(Cc1ccccc1)N(Cc1cccc(Cl)c1)C(=O)CN(c1cc([N+](=O)[O-])ccc1OC)S(C)(=O)=O. The Kier molecular flexibility index (Phi) is 11.3. The van der Waals surface area contributed by atoms with E-state index in [-0.39, 0.29) is 30.1 Å². The maximum Gasteiger partial charge on any atom is 0.271 e. The van der Waals surface area contributed by atoms with Crippen molar-refractivity contribution in [3.8, 4) is 5.75 Å². The highest BCUT2D eigenvalue weighted by Gasteiger charge is 2.34. The van der Waals surface area contributed by atoms with Crippen LogP contribution in [0.1, 0.15) is 24.5 Å². The highest BCUT2D eigenvalue weighted by molar-refractivity contribution is 7.92. The van der Waals surface area contributed by atoms with Gasteiger partial charge in [0, 0.05) is 36.7 Å². The highest BCUT2D eigenvalue weighted by atomic mass is 35.5. The lowest BCUT2D eigenvalue weighted by molar-refractivity contribution is -0.384. The molecule has 0 bridgehead atoms. The van der Waals surface area contributed by atoms with Crippen LogP contribution in [0.2, 0.25) is 5.02 Å². The van der Waals surface area contributed by atoms with Crippen molar-refractivity contribution in [2.75, 3.05) is 30.8 Å². The fourth-order valence-corrected chi connectivity index (χ4v) is 5.39. The number of carbonyl (C=O) groups excluding carboxylic acids is 2. The molecule has 224 valence electrons. The second-order valence-corrected chi connectivity index (χ2v) is 11.9. The molecule has 3 aromatic carbocycles. The van der Waals surface area contributed by atoms with Crippen molar-refractivity contribution in [3.63, 3.8) is 0 Å². The molecular weight excluding hydrogens is 584 g/mol. The molecule has 0 aromatic heterocycles. The van der Waals surface area contributed by atoms with Crippen LogP contribution >= 0.6 is 11.6 Å². The molecule has 3 aromatic rings. The zero-order chi connectivity index (χ0) is 30.9. The van der Waals surface area contributed by atoms with Gasteiger partial charge >= 0.3 is 0 Å². The third kappa shape index (κ3) is 8.67. The van der Waals surface area contributed by atoms with E-state index in [9.17, 15) is 28.1 Å². The van der Waals surface area contributed by atoms with E-state index >= 15 is 0 Å². The Morgan fingerprint density at radius 3 is 2.33 bits per heavy atom. The number of non-ortho nitro benzene ring substituents is 1. The van der Waals surface area contributed by atoms with Crippen molar-refractivity contribution in [3.05, 3.63) is 99.1 Å². The van der Waals surface area contributed by atoms with Gasteiger partial charge in [0.25, 0.3) is 5.69 Å². The Morgan fingerprint density at radius 1 is 1.05 bits per heavy atom. The standard InChI is InChI=1S/C29H33ClN4O7S/c1-4-15-31-29(36)26(17-21-9-6-5-7-10-21)32(19-22-11-8-12-23(30)16-22)28(35)20-33(42(3,39)40)25-18-24(34(37)38)13-14-27(25)41-2/h5-14,16,18,26H,4,15,17,19-20H2,1-3H3,(H,31,36). The van der Waals surface area contributed by atoms with Crippen LogP contribution in [0.4, 0.5) is 11.4 Å². The maximum absolute atomic E-state index is 14.1. The number of anilines is 1. The number of nitrogens with one attached hydrogen (secondary N) is 1. The Hall–Kier alpha value is -4.16. The average Bonchev–Trinajstić information content (AvgIpc) is 2.95. The summed E-state index contributed by atoms with van der Waals surface area (Å²) in [6.07, 6.45) is 1.71. The van der Waals surface area contributed by atoms with Gasteiger partial charge in [-0.2, -0.15) is 0 Å². The van der Waals surface area contributed by atoms with E-state index in [1.54, 1.807) is 24.3 Å². The summed E-state index contributed by atoms with van der Waals surface area (Å²) in [5.74, 6) is -1.10. The number of nitro benzene ring substituents is 1. The number of benzene rings is 3. The molecule has 0 heterocycles. The van der Waals surface area contributed by atoms with Crippen LogP contribution in [0, 0.1) is 10.1 Å². The first-order chi connectivity index (χ1) is 19.9. The lowest BCUT2D eigenvalue weighted by Gasteiger charge is -2.33. The number of nitro groups is 1. The third-order valence-corrected chi connectivity index (χ3v) is 7.74. The molecule has 0 spiro atoms. The molecule has 0 radical (unpaired) electrons. The van der Waals surface area contributed by atoms with Gasteiger partial charge in [-0.1, -0.05) is 61.0 Å². The minimum atomic E-state index is -4.16. The van der Waals surface area contributed by atoms with E-state index in [0.29, 0.717) is 23.6 Å². The molecule has 0 fully saturated rings. The number of sulfonamides is 1. The molecule has 0 aliphatic carbocycles. The summed E-state index contributed by atoms with van der Waals surface area (Å²) in [5.41, 5.74) is 0.846. The number of carbonyl (C=O) groups is 2. The Bertz CT molecular complexity index is 1520. The Balaban J connectivity index is 2.12. The number of hydrogen-bond acceptors (Lipinski definition) is 7. The number of halogens is 1. The molecule has 0 saturated heterocycles. The van der Waals surface area contributed by atoms with E-state index in [4.69, 9.17) is 16.3 Å². The fourth-order valence-electron chi connectivity index (χ4n) is 4.33. The van der Waals surface area contributed by atoms with Crippen molar-refractivity contribution in [1.29, 1.82) is 0 Å². The van der Waals surface area contributed by atoms with Crippen LogP contribution in [0.25, 0.3) is 0 Å². The van der Waals surface area contributed by atoms with Crippen LogP contribution in [0.3, 0.4) is 0 Å². The molecular formula is C29H33ClN4O7S. The Morgan fingerprint density at radius 2 is 1.74 bits per heavy atom. The van der Waals surface area contributed by atoms with Gasteiger partial charge in [-0.25, -0.2) is 8.42 Å². The molecule has 0 aliphatic heterocycles. The quantitative estimate of drug-likeness (QED) is 0.212. The monoisotopic (exact) mass is 616 g/mol. The van der Waals surface area contributed by atoms with Gasteiger partial charge in [-0.15, -0.1) is 0 Å². The lowest BCUT2D eigenvalue weighted by atomic mass is 10.0. The molecule has 42 heavy (non-hydrogen) atoms. The van der Waals surface area contributed by atoms with Crippen LogP contribution in [0.15, 0.2) is 72.8 Å². The minimum Gasteiger partial charge on any atom is -0.495 e. The first-order valence-electron chi connectivity index (χ1n) is 13.1. The van der Waals surface area contributed by atoms with Crippen molar-refractivity contribution in [2.45, 2.75) is 32.4 Å². The summed E-state index contributed by atoms with van der Waals surface area (Å²) in [4.78, 5) is 39.8. The van der Waals surface area contributed by atoms with Crippen molar-refractivity contribution in [2.24, 2.45) is 0 Å². The lowest BCUT2D eigenvalue weighted by Crippen LogP contribution is -2.53. The topological polar surface area (TPSA) is 139 Å². The summed E-state index contributed by atoms with van der Waals surface area (Å²) >= 11 is 6.21. The first kappa shape index (κ1) is 32.4. The van der Waals surface area contributed by atoms with E-state index in [0.717, 1.165) is 22.2 Å². The minimum absolute atomic E-state index is 0.0155. The third-order valence-electron chi connectivity index (χ3n) is 6.38. The van der Waals surface area contributed by atoms with Gasteiger partial charge < -0.3 is 15.0 Å². The van der Waals surface area contributed by atoms with Crippen molar-refractivity contribution < 1.29 is 27.7 Å². The van der Waals surface area contributed by atoms with Crippen LogP contribution in [0.5, 0.6) is 5.75 Å². The number of rotatable bonds is 14. The summed E-state index contributed by atoms with van der Waals surface area (Å²) in [6.45, 7) is 1.48. The van der Waals surface area contributed by atoms with Crippen LogP contribution in [-0.2, 0) is 32.6 Å². The van der Waals surface area contributed by atoms with Crippen molar-refractivity contribution >= 4 is 44.8 Å². The molecule has 0 saturated carbocycles. The van der Waals surface area contributed by atoms with Crippen LogP contribution in [-0.4, -0.2) is 62.6 Å². The fraction of sp³-hybridized carbons (Fsp3) is 0.310. The van der Waals surface area contributed by atoms with Gasteiger partial charge in [-0.05, 0) is 35.7 Å². The number of amides is 2. The Labute approximate surface area is 250 Å². The van der Waals surface area contributed by atoms with E-state index < -0.39 is 39.3 Å². The van der Waals surface area contributed by atoms with Gasteiger partial charge in [0.05, 0.1) is 18.3 Å². The summed E-state index contributed by atoms with van der Waals surface area (Å²) < 4.78 is 32.1. The molecule has 1 unspecified atom stereocenters. The highest BCUT2D eigenvalue weighted by Crippen LogP contribution is 2.34. The van der Waals surface area contributed by atoms with E-state index in [1.807, 2.05) is 37.3 Å². The smallest absolute Gasteiger partial charge is 0.271 e. The number of ether oxygens (including phenoxy) is 1. The number of nitrogens with zero attached hydrogens (tertiary/aromatic N) is 3. The summed E-state index contributed by atoms with van der Waals surface area (Å²) in [7, 11) is -2.87. The first-order valence-corrected chi connectivity index (χ1v) is 15.3. The molecule has 1 N–H and O–H groups in total. The largest absolute Gasteiger partial charge is 0.495 e. The second kappa shape index (κ2) is 14.6. The van der Waals surface area contributed by atoms with Crippen molar-refractivity contribution in [1.82, 2.24) is 10.2 Å². The number of methoxy groups -OCH3 is 1. The normalized spacial score (nSPS) is 11.8. The predicted molar refractivity (Wildman–Crippen MR) is 161 cm³/mol. The summed E-state index contributed by atoms with van der Waals surface area (Å²) in [5, 5.41) is 14.8. The maximum atomic E-state index is 14.1. The molecule has 3 rings (SSSR count). The average molecular weight is 617 g/mol. The zero-order valence-corrected chi connectivity index (χ0v) is 25.1. The second-order valence-electron chi connectivity index (χ2n) is 9.53. The molecule has 11 nitrogen and oxygen atoms in total. The molecule has 13 heteroatoms. The summed E-state index contributed by atoms with van der Waals surface area (Å²) in [6, 6.07) is 18.4. The van der Waals surface area contributed by atoms with E-state index in [2.05, 4.69) is 5.32 Å². The molecule has 0 aliphatic rings. The van der Waals surface area contributed by atoms with Gasteiger partial charge in [0.1, 0.15) is 24.0 Å². The molecule has 2 amide bonds. The number of hydrogen-bond donors (Lipinski definition) is 1. The van der Waals surface area contributed by atoms with E-state index in [1.165, 1.54) is 24.1 Å². The van der Waals surface area contributed by atoms with Gasteiger partial charge in [-0.3, -0.25) is 24.0 Å². The zero-order valence-electron chi connectivity index (χ0n) is 23.5. The van der Waals surface area contributed by atoms with Crippen LogP contribution < -0.4 is 14.4 Å². The van der Waals surface area contributed by atoms with Gasteiger partial charge in [0.2, 0.25) is 21.8 Å².